The van der Waals surface area contributed by atoms with Crippen molar-refractivity contribution >= 4 is 11.6 Å². The maximum Gasteiger partial charge on any atom is 0.348 e. The number of aromatic nitrogens is 4. The summed E-state index contributed by atoms with van der Waals surface area (Å²) in [7, 11) is 0. The van der Waals surface area contributed by atoms with Gasteiger partial charge in [-0.1, -0.05) is 0 Å². The monoisotopic (exact) mass is 387 g/mol. The lowest BCUT2D eigenvalue weighted by atomic mass is 10.1. The summed E-state index contributed by atoms with van der Waals surface area (Å²) in [5, 5.41) is 6.32. The Kier molecular flexibility index (Phi) is 3.14. The fourth-order valence-electron chi connectivity index (χ4n) is 3.50. The summed E-state index contributed by atoms with van der Waals surface area (Å²) in [6, 6.07) is 4.69. The van der Waals surface area contributed by atoms with Crippen LogP contribution in [0, 0.1) is 6.92 Å². The molecular formula is C19H21N5O4. The summed E-state index contributed by atoms with van der Waals surface area (Å²) in [4.78, 5) is 18.4. The quantitative estimate of drug-likeness (QED) is 0.729. The van der Waals surface area contributed by atoms with Gasteiger partial charge in [0.2, 0.25) is 0 Å². The Morgan fingerprint density at radius 1 is 1.25 bits per heavy atom. The predicted molar refractivity (Wildman–Crippen MR) is 102 cm³/mol. The zero-order valence-corrected chi connectivity index (χ0v) is 15.1. The number of fused-ring (bicyclic) bond motifs is 2. The molecule has 9 nitrogen and oxygen atoms in total. The van der Waals surface area contributed by atoms with Crippen LogP contribution in [-0.2, 0) is 0 Å². The normalized spacial score (nSPS) is 22.8. The van der Waals surface area contributed by atoms with E-state index in [2.05, 4.69) is 20.1 Å². The summed E-state index contributed by atoms with van der Waals surface area (Å²) in [6.07, 6.45) is 3.13. The lowest BCUT2D eigenvalue weighted by Gasteiger charge is -2.33. The van der Waals surface area contributed by atoms with Gasteiger partial charge >= 0.3 is 5.69 Å². The lowest BCUT2D eigenvalue weighted by Crippen LogP contribution is -2.39. The third kappa shape index (κ3) is 3.02. The first-order valence-electron chi connectivity index (χ1n) is 11.0. The number of piperidine rings is 1. The second kappa shape index (κ2) is 6.74. The Bertz CT molecular complexity index is 1240. The van der Waals surface area contributed by atoms with Crippen molar-refractivity contribution in [3.05, 3.63) is 40.4 Å². The van der Waals surface area contributed by atoms with E-state index in [4.69, 9.17) is 19.7 Å². The van der Waals surface area contributed by atoms with Crippen LogP contribution in [0.1, 0.15) is 23.9 Å². The molecule has 1 fully saturated rings. The molecule has 2 aliphatic rings. The number of aryl methyl sites for hydroxylation is 1. The first kappa shape index (κ1) is 13.0. The van der Waals surface area contributed by atoms with Gasteiger partial charge in [0.25, 0.3) is 5.78 Å². The van der Waals surface area contributed by atoms with Crippen LogP contribution in [0.3, 0.4) is 0 Å². The van der Waals surface area contributed by atoms with Crippen LogP contribution in [0.15, 0.2) is 29.2 Å². The fourth-order valence-corrected chi connectivity index (χ4v) is 3.50. The van der Waals surface area contributed by atoms with E-state index in [-0.39, 0.29) is 23.3 Å². The molecule has 146 valence electrons. The Morgan fingerprint density at radius 3 is 2.86 bits per heavy atom. The zero-order chi connectivity index (χ0) is 22.7. The number of ether oxygens (including phenoxy) is 3. The number of aromatic amines is 1. The molecule has 0 aliphatic carbocycles. The van der Waals surface area contributed by atoms with Crippen molar-refractivity contribution in [3.63, 3.8) is 0 Å². The van der Waals surface area contributed by atoms with E-state index in [0.717, 1.165) is 24.2 Å². The maximum atomic E-state index is 11.7. The van der Waals surface area contributed by atoms with Crippen LogP contribution in [0.4, 0.5) is 5.82 Å². The number of rotatable bonds is 3. The van der Waals surface area contributed by atoms with Gasteiger partial charge in [-0.15, -0.1) is 5.10 Å². The second-order valence-corrected chi connectivity index (χ2v) is 6.77. The van der Waals surface area contributed by atoms with Gasteiger partial charge in [-0.2, -0.15) is 4.98 Å². The Morgan fingerprint density at radius 2 is 2.04 bits per heavy atom. The van der Waals surface area contributed by atoms with E-state index in [9.17, 15) is 4.79 Å². The van der Waals surface area contributed by atoms with Crippen LogP contribution in [0.2, 0.25) is 0 Å². The van der Waals surface area contributed by atoms with Crippen molar-refractivity contribution in [2.24, 2.45) is 0 Å². The maximum absolute atomic E-state index is 11.7. The molecule has 1 aromatic carbocycles. The van der Waals surface area contributed by atoms with Gasteiger partial charge in [-0.05, 0) is 19.1 Å². The van der Waals surface area contributed by atoms with Crippen molar-refractivity contribution in [1.82, 2.24) is 19.6 Å². The van der Waals surface area contributed by atoms with Crippen LogP contribution in [0.5, 0.6) is 17.2 Å². The number of nitrogens with zero attached hydrogens (tertiary/aromatic N) is 4. The first-order valence-corrected chi connectivity index (χ1v) is 9.01. The van der Waals surface area contributed by atoms with Gasteiger partial charge in [0.05, 0.1) is 5.48 Å². The van der Waals surface area contributed by atoms with Crippen LogP contribution in [0.25, 0.3) is 5.78 Å². The van der Waals surface area contributed by atoms with E-state index in [1.165, 1.54) is 16.5 Å². The van der Waals surface area contributed by atoms with Crippen molar-refractivity contribution in [1.29, 1.82) is 0 Å². The smallest absolute Gasteiger partial charge is 0.348 e. The van der Waals surface area contributed by atoms with Crippen molar-refractivity contribution in [2.75, 3.05) is 31.1 Å². The van der Waals surface area contributed by atoms with Gasteiger partial charge < -0.3 is 19.1 Å². The van der Waals surface area contributed by atoms with Crippen molar-refractivity contribution in [3.8, 4) is 17.2 Å². The van der Waals surface area contributed by atoms with Gasteiger partial charge in [-0.3, -0.25) is 0 Å². The van der Waals surface area contributed by atoms with Gasteiger partial charge in [0.1, 0.15) is 30.8 Å². The number of nitrogens with one attached hydrogen (secondary N) is 1. The number of anilines is 1. The van der Waals surface area contributed by atoms with Crippen molar-refractivity contribution in [2.45, 2.75) is 25.9 Å². The summed E-state index contributed by atoms with van der Waals surface area (Å²) < 4.78 is 48.5. The third-order valence-corrected chi connectivity index (χ3v) is 4.89. The molecule has 0 bridgehead atoms. The molecule has 1 N–H and O–H groups in total. The van der Waals surface area contributed by atoms with E-state index in [1.807, 2.05) is 6.92 Å². The highest BCUT2D eigenvalue weighted by atomic mass is 16.6. The number of hydrogen-bond acceptors (Lipinski definition) is 7. The average Bonchev–Trinajstić information content (AvgIpc) is 3.08. The van der Waals surface area contributed by atoms with Crippen LogP contribution >= 0.6 is 0 Å². The molecule has 2 aliphatic heterocycles. The molecule has 1 saturated heterocycles. The topological polar surface area (TPSA) is 94.0 Å². The molecule has 5 rings (SSSR count). The molecule has 2 aromatic heterocycles. The van der Waals surface area contributed by atoms with E-state index < -0.39 is 13.1 Å². The van der Waals surface area contributed by atoms with E-state index >= 15 is 0 Å². The van der Waals surface area contributed by atoms with Gasteiger partial charge in [0.15, 0.2) is 11.5 Å². The largest absolute Gasteiger partial charge is 0.490 e. The molecule has 3 aromatic rings. The predicted octanol–water partition coefficient (Wildman–Crippen LogP) is 1.55. The Hall–Kier alpha value is -3.23. The molecule has 0 atom stereocenters. The second-order valence-electron chi connectivity index (χ2n) is 6.77. The fraction of sp³-hybridized carbons (Fsp3) is 0.421. The molecule has 4 heterocycles. The molecule has 0 radical (unpaired) electrons. The third-order valence-electron chi connectivity index (χ3n) is 4.89. The van der Waals surface area contributed by atoms with Crippen LogP contribution in [-0.4, -0.2) is 51.9 Å². The minimum Gasteiger partial charge on any atom is -0.490 e. The lowest BCUT2D eigenvalue weighted by molar-refractivity contribution is 0.159. The zero-order valence-electron chi connectivity index (χ0n) is 19.1. The number of H-pyrrole nitrogens is 1. The SMILES string of the molecule is [2H]C1([2H])Oc2ccc(OC3CCN(c4nc5n[nH]c(=O)n5cc4C)CC3)cc2OC1([2H])[2H]. The molecule has 0 saturated carbocycles. The first-order chi connectivity index (χ1) is 15.1. The summed E-state index contributed by atoms with van der Waals surface area (Å²) >= 11 is 0. The van der Waals surface area contributed by atoms with Gasteiger partial charge in [0, 0.05) is 43.8 Å². The van der Waals surface area contributed by atoms with Gasteiger partial charge in [-0.25, -0.2) is 14.3 Å². The highest BCUT2D eigenvalue weighted by molar-refractivity contribution is 5.50. The van der Waals surface area contributed by atoms with E-state index in [0.29, 0.717) is 24.6 Å². The molecular weight excluding hydrogens is 362 g/mol. The average molecular weight is 387 g/mol. The Balaban J connectivity index is 1.26. The highest BCUT2D eigenvalue weighted by Crippen LogP contribution is 2.34. The minimum absolute atomic E-state index is 0.0611. The Labute approximate surface area is 166 Å². The van der Waals surface area contributed by atoms with Crippen molar-refractivity contribution < 1.29 is 19.7 Å². The summed E-state index contributed by atoms with van der Waals surface area (Å²) in [6.45, 7) is -1.89. The number of benzene rings is 1. The molecule has 0 spiro atoms. The number of hydrogen-bond donors (Lipinski definition) is 1. The highest BCUT2D eigenvalue weighted by Gasteiger charge is 2.24. The minimum atomic E-state index is -2.62. The molecule has 0 unspecified atom stereocenters. The molecule has 0 amide bonds. The summed E-state index contributed by atoms with van der Waals surface area (Å²) in [5.41, 5.74) is 0.555. The summed E-state index contributed by atoms with van der Waals surface area (Å²) in [5.74, 6) is 1.83. The molecule has 9 heteroatoms. The standard InChI is InChI=1S/C19H21N5O4/c1-12-11-24-18(21-22-19(24)25)20-17(12)23-6-4-13(5-7-23)28-14-2-3-15-16(10-14)27-9-8-26-15/h2-3,10-11,13H,4-9H2,1H3,(H,22,25)/i8D2,9D2. The van der Waals surface area contributed by atoms with E-state index in [1.54, 1.807) is 12.3 Å². The molecule has 28 heavy (non-hydrogen) atoms. The van der Waals surface area contributed by atoms with Crippen LogP contribution < -0.4 is 24.8 Å².